The van der Waals surface area contributed by atoms with Crippen molar-refractivity contribution in [3.8, 4) is 5.75 Å². The Balaban J connectivity index is 1.47. The summed E-state index contributed by atoms with van der Waals surface area (Å²) in [6.45, 7) is 0.767. The molecule has 4 nitrogen and oxygen atoms in total. The molecular formula is C30H29FN2O2. The molecule has 35 heavy (non-hydrogen) atoms. The van der Waals surface area contributed by atoms with E-state index in [1.165, 1.54) is 11.6 Å². The molecule has 0 saturated carbocycles. The van der Waals surface area contributed by atoms with Crippen molar-refractivity contribution in [3.05, 3.63) is 101 Å². The van der Waals surface area contributed by atoms with Crippen LogP contribution in [0.1, 0.15) is 28.8 Å². The van der Waals surface area contributed by atoms with E-state index in [9.17, 15) is 9.18 Å². The molecule has 0 bridgehead atoms. The third kappa shape index (κ3) is 3.75. The number of hydrogen-bond donors (Lipinski definition) is 2. The number of nitrogens with one attached hydrogen (secondary N) is 2. The Morgan fingerprint density at radius 2 is 1.94 bits per heavy atom. The molecule has 1 aliphatic heterocycles. The molecule has 1 fully saturated rings. The van der Waals surface area contributed by atoms with Crippen molar-refractivity contribution in [1.82, 2.24) is 10.3 Å². The fourth-order valence-corrected chi connectivity index (χ4v) is 6.46. The predicted octanol–water partition coefficient (Wildman–Crippen LogP) is 5.14. The number of benzene rings is 3. The number of carbonyl (C=O) groups excluding carboxylic acids is 1. The van der Waals surface area contributed by atoms with Crippen molar-refractivity contribution in [2.45, 2.75) is 37.1 Å². The molecular weight excluding hydrogens is 439 g/mol. The Labute approximate surface area is 204 Å². The zero-order chi connectivity index (χ0) is 24.0. The van der Waals surface area contributed by atoms with E-state index in [2.05, 4.69) is 22.4 Å². The van der Waals surface area contributed by atoms with Gasteiger partial charge in [-0.05, 0) is 78.7 Å². The summed E-state index contributed by atoms with van der Waals surface area (Å²) in [5, 5.41) is 4.51. The van der Waals surface area contributed by atoms with E-state index in [0.717, 1.165) is 52.9 Å². The van der Waals surface area contributed by atoms with Gasteiger partial charge in [0, 0.05) is 28.4 Å². The van der Waals surface area contributed by atoms with Crippen LogP contribution in [0.15, 0.2) is 72.8 Å². The van der Waals surface area contributed by atoms with Crippen molar-refractivity contribution in [2.24, 2.45) is 5.92 Å². The number of H-pyrrole nitrogens is 1. The number of rotatable bonds is 5. The van der Waals surface area contributed by atoms with Crippen LogP contribution < -0.4 is 10.1 Å². The first-order chi connectivity index (χ1) is 17.1. The maximum Gasteiger partial charge on any atom is 0.154 e. The van der Waals surface area contributed by atoms with Crippen molar-refractivity contribution in [2.75, 3.05) is 13.7 Å². The molecule has 2 unspecified atom stereocenters. The molecule has 178 valence electrons. The SMILES string of the molecule is COc1cccc([C@]23CCNC(C(=O)Cc4ccccc4)C2Cc2c([nH]c4ccc(F)cc24)C3)c1. The summed E-state index contributed by atoms with van der Waals surface area (Å²) in [5.74, 6) is 0.852. The minimum atomic E-state index is -0.276. The average molecular weight is 469 g/mol. The van der Waals surface area contributed by atoms with E-state index < -0.39 is 0 Å². The third-order valence-electron chi connectivity index (χ3n) is 8.13. The molecule has 2 aliphatic rings. The molecule has 1 aliphatic carbocycles. The molecule has 0 radical (unpaired) electrons. The maximum absolute atomic E-state index is 14.2. The fraction of sp³-hybridized carbons (Fsp3) is 0.300. The number of methoxy groups -OCH3 is 1. The van der Waals surface area contributed by atoms with Crippen LogP contribution in [0.5, 0.6) is 5.75 Å². The smallest absolute Gasteiger partial charge is 0.154 e. The summed E-state index contributed by atoms with van der Waals surface area (Å²) in [7, 11) is 1.69. The minimum Gasteiger partial charge on any atom is -0.497 e. The molecule has 3 atom stereocenters. The van der Waals surface area contributed by atoms with Crippen LogP contribution in [0.25, 0.3) is 10.9 Å². The molecule has 1 aromatic heterocycles. The average Bonchev–Trinajstić information content (AvgIpc) is 3.23. The number of aromatic nitrogens is 1. The van der Waals surface area contributed by atoms with E-state index in [-0.39, 0.29) is 29.0 Å². The molecule has 0 spiro atoms. The first kappa shape index (κ1) is 22.1. The molecule has 2 N–H and O–H groups in total. The van der Waals surface area contributed by atoms with E-state index in [0.29, 0.717) is 12.8 Å². The number of ketones is 1. The van der Waals surface area contributed by atoms with Crippen LogP contribution in [0, 0.1) is 11.7 Å². The number of hydrogen-bond acceptors (Lipinski definition) is 3. The van der Waals surface area contributed by atoms with Crippen LogP contribution in [0.2, 0.25) is 0 Å². The van der Waals surface area contributed by atoms with Gasteiger partial charge in [-0.1, -0.05) is 42.5 Å². The summed E-state index contributed by atoms with van der Waals surface area (Å²) < 4.78 is 19.8. The van der Waals surface area contributed by atoms with Crippen LogP contribution in [0.3, 0.4) is 0 Å². The number of piperidine rings is 1. The van der Waals surface area contributed by atoms with Gasteiger partial charge in [-0.25, -0.2) is 4.39 Å². The number of carbonyl (C=O) groups is 1. The van der Waals surface area contributed by atoms with Crippen molar-refractivity contribution >= 4 is 16.7 Å². The molecule has 2 heterocycles. The lowest BCUT2D eigenvalue weighted by atomic mass is 9.56. The van der Waals surface area contributed by atoms with Gasteiger partial charge in [0.2, 0.25) is 0 Å². The van der Waals surface area contributed by atoms with Gasteiger partial charge in [-0.2, -0.15) is 0 Å². The number of aromatic amines is 1. The Kier molecular flexibility index (Phi) is 5.45. The maximum atomic E-state index is 14.2. The van der Waals surface area contributed by atoms with Crippen molar-refractivity contribution < 1.29 is 13.9 Å². The summed E-state index contributed by atoms with van der Waals surface area (Å²) in [5.41, 5.74) is 5.27. The molecule has 0 amide bonds. The van der Waals surface area contributed by atoms with Gasteiger partial charge >= 0.3 is 0 Å². The standard InChI is InChI=1S/C30H29FN2O2/c1-35-22-9-5-8-20(15-22)30-12-13-32-29(28(34)14-19-6-3-2-4-7-19)25(30)17-24-23-16-21(31)10-11-26(23)33-27(24)18-30/h2-11,15-16,25,29,32-33H,12-14,17-18H2,1H3/t25?,29?,30-/m1/s1. The van der Waals surface area contributed by atoms with E-state index >= 15 is 0 Å². The number of fused-ring (bicyclic) bond motifs is 4. The summed E-state index contributed by atoms with van der Waals surface area (Å²) >= 11 is 0. The van der Waals surface area contributed by atoms with Gasteiger partial charge in [0.1, 0.15) is 11.6 Å². The van der Waals surface area contributed by atoms with Gasteiger partial charge in [-0.15, -0.1) is 0 Å². The van der Waals surface area contributed by atoms with Gasteiger partial charge in [0.05, 0.1) is 13.2 Å². The van der Waals surface area contributed by atoms with Crippen LogP contribution in [-0.4, -0.2) is 30.5 Å². The number of halogens is 1. The monoisotopic (exact) mass is 468 g/mol. The van der Waals surface area contributed by atoms with Crippen molar-refractivity contribution in [1.29, 1.82) is 0 Å². The first-order valence-electron chi connectivity index (χ1n) is 12.3. The normalized spacial score (nSPS) is 23.5. The van der Waals surface area contributed by atoms with Crippen molar-refractivity contribution in [3.63, 3.8) is 0 Å². The van der Waals surface area contributed by atoms with Gasteiger partial charge in [0.15, 0.2) is 5.78 Å². The highest BCUT2D eigenvalue weighted by Crippen LogP contribution is 2.50. The van der Waals surface area contributed by atoms with Crippen LogP contribution in [-0.2, 0) is 29.5 Å². The largest absolute Gasteiger partial charge is 0.497 e. The lowest BCUT2D eigenvalue weighted by Gasteiger charge is -2.51. The minimum absolute atomic E-state index is 0.0503. The number of ether oxygens (including phenoxy) is 1. The van der Waals surface area contributed by atoms with Gasteiger partial charge < -0.3 is 15.0 Å². The zero-order valence-electron chi connectivity index (χ0n) is 19.8. The third-order valence-corrected chi connectivity index (χ3v) is 8.13. The lowest BCUT2D eigenvalue weighted by Crippen LogP contribution is -2.60. The molecule has 4 aromatic rings. The summed E-state index contributed by atoms with van der Waals surface area (Å²) in [6.07, 6.45) is 2.82. The highest BCUT2D eigenvalue weighted by atomic mass is 19.1. The second-order valence-corrected chi connectivity index (χ2v) is 9.96. The van der Waals surface area contributed by atoms with Crippen LogP contribution >= 0.6 is 0 Å². The lowest BCUT2D eigenvalue weighted by molar-refractivity contribution is -0.123. The van der Waals surface area contributed by atoms with Gasteiger partial charge in [0.25, 0.3) is 0 Å². The Morgan fingerprint density at radius 1 is 1.09 bits per heavy atom. The van der Waals surface area contributed by atoms with E-state index in [1.54, 1.807) is 13.2 Å². The summed E-state index contributed by atoms with van der Waals surface area (Å²) in [6, 6.07) is 22.9. The van der Waals surface area contributed by atoms with E-state index in [4.69, 9.17) is 4.74 Å². The Morgan fingerprint density at radius 3 is 2.77 bits per heavy atom. The highest BCUT2D eigenvalue weighted by molar-refractivity contribution is 5.88. The quantitative estimate of drug-likeness (QED) is 0.426. The molecule has 1 saturated heterocycles. The topological polar surface area (TPSA) is 54.1 Å². The summed E-state index contributed by atoms with van der Waals surface area (Å²) in [4.78, 5) is 17.3. The second-order valence-electron chi connectivity index (χ2n) is 9.96. The number of Topliss-reactive ketones (excluding diaryl/α,β-unsaturated/α-hetero) is 1. The first-order valence-corrected chi connectivity index (χ1v) is 12.3. The predicted molar refractivity (Wildman–Crippen MR) is 135 cm³/mol. The second kappa shape index (κ2) is 8.65. The Hall–Kier alpha value is -3.44. The highest BCUT2D eigenvalue weighted by Gasteiger charge is 2.51. The molecule has 6 rings (SSSR count). The molecule has 5 heteroatoms. The Bertz CT molecular complexity index is 1400. The van der Waals surface area contributed by atoms with Crippen LogP contribution in [0.4, 0.5) is 4.39 Å². The van der Waals surface area contributed by atoms with E-state index in [1.807, 2.05) is 48.5 Å². The fourth-order valence-electron chi connectivity index (χ4n) is 6.46. The molecule has 3 aromatic carbocycles. The van der Waals surface area contributed by atoms with Gasteiger partial charge in [-0.3, -0.25) is 4.79 Å². The zero-order valence-corrected chi connectivity index (χ0v) is 19.8.